The summed E-state index contributed by atoms with van der Waals surface area (Å²) in [7, 11) is 0. The highest BCUT2D eigenvalue weighted by Crippen LogP contribution is 2.23. The summed E-state index contributed by atoms with van der Waals surface area (Å²) in [5.74, 6) is -0.739. The van der Waals surface area contributed by atoms with Gasteiger partial charge in [-0.25, -0.2) is 9.59 Å². The van der Waals surface area contributed by atoms with E-state index >= 15 is 0 Å². The number of hydrogen-bond donors (Lipinski definition) is 2. The molecular formula is C16H29NO5. The van der Waals surface area contributed by atoms with Gasteiger partial charge < -0.3 is 19.9 Å². The zero-order valence-electron chi connectivity index (χ0n) is 14.1. The Morgan fingerprint density at radius 3 is 2.32 bits per heavy atom. The zero-order chi connectivity index (χ0) is 16.8. The Morgan fingerprint density at radius 1 is 1.23 bits per heavy atom. The van der Waals surface area contributed by atoms with Crippen LogP contribution in [0.15, 0.2) is 0 Å². The maximum absolute atomic E-state index is 11.8. The third-order valence-corrected chi connectivity index (χ3v) is 3.72. The van der Waals surface area contributed by atoms with Gasteiger partial charge in [-0.1, -0.05) is 19.3 Å². The first-order chi connectivity index (χ1) is 10.2. The van der Waals surface area contributed by atoms with E-state index in [2.05, 4.69) is 5.32 Å². The van der Waals surface area contributed by atoms with Gasteiger partial charge in [-0.3, -0.25) is 0 Å². The third kappa shape index (κ3) is 7.11. The molecule has 1 aliphatic carbocycles. The number of amides is 1. The largest absolute Gasteiger partial charge is 0.480 e. The maximum Gasteiger partial charge on any atom is 0.407 e. The van der Waals surface area contributed by atoms with E-state index in [1.54, 1.807) is 6.92 Å². The van der Waals surface area contributed by atoms with Gasteiger partial charge in [0.25, 0.3) is 0 Å². The van der Waals surface area contributed by atoms with Crippen LogP contribution in [0.25, 0.3) is 0 Å². The Labute approximate surface area is 132 Å². The molecule has 6 heteroatoms. The van der Waals surface area contributed by atoms with Gasteiger partial charge in [0.15, 0.2) is 6.04 Å². The predicted molar refractivity (Wildman–Crippen MR) is 82.8 cm³/mol. The summed E-state index contributed by atoms with van der Waals surface area (Å²) in [6.45, 7) is 7.50. The molecule has 1 saturated carbocycles. The van der Waals surface area contributed by atoms with Crippen molar-refractivity contribution < 1.29 is 24.2 Å². The van der Waals surface area contributed by atoms with Crippen LogP contribution in [0.1, 0.15) is 59.8 Å². The number of carbonyl (C=O) groups excluding carboxylic acids is 1. The second-order valence-electron chi connectivity index (χ2n) is 7.00. The lowest BCUT2D eigenvalue weighted by molar-refractivity contribution is -0.147. The minimum absolute atomic E-state index is 0.354. The molecule has 1 rings (SSSR count). The number of alkyl carbamates (subject to hydrolysis) is 1. The van der Waals surface area contributed by atoms with Crippen LogP contribution in [-0.2, 0) is 14.3 Å². The summed E-state index contributed by atoms with van der Waals surface area (Å²) in [5.41, 5.74) is -0.485. The molecular weight excluding hydrogens is 286 g/mol. The van der Waals surface area contributed by atoms with E-state index in [0.717, 1.165) is 12.8 Å². The average Bonchev–Trinajstić information content (AvgIpc) is 2.41. The molecule has 0 aromatic rings. The first-order valence-corrected chi connectivity index (χ1v) is 8.03. The number of nitrogens with one attached hydrogen (secondary N) is 1. The summed E-state index contributed by atoms with van der Waals surface area (Å²) >= 11 is 0. The van der Waals surface area contributed by atoms with E-state index in [4.69, 9.17) is 9.47 Å². The number of ether oxygens (including phenoxy) is 2. The van der Waals surface area contributed by atoms with Crippen molar-refractivity contribution in [3.63, 3.8) is 0 Å². The predicted octanol–water partition coefficient (Wildman–Crippen LogP) is 2.95. The highest BCUT2D eigenvalue weighted by Gasteiger charge is 2.31. The first kappa shape index (κ1) is 18.7. The molecule has 22 heavy (non-hydrogen) atoms. The molecule has 1 fully saturated rings. The Bertz CT molecular complexity index is 371. The van der Waals surface area contributed by atoms with Crippen LogP contribution in [0.5, 0.6) is 0 Å². The van der Waals surface area contributed by atoms with E-state index in [0.29, 0.717) is 12.5 Å². The molecule has 0 aliphatic heterocycles. The van der Waals surface area contributed by atoms with Crippen molar-refractivity contribution in [1.82, 2.24) is 5.32 Å². The van der Waals surface area contributed by atoms with Gasteiger partial charge in [0.1, 0.15) is 0 Å². The molecule has 2 N–H and O–H groups in total. The van der Waals surface area contributed by atoms with Crippen molar-refractivity contribution in [1.29, 1.82) is 0 Å². The van der Waals surface area contributed by atoms with Gasteiger partial charge in [-0.2, -0.15) is 0 Å². The summed E-state index contributed by atoms with van der Waals surface area (Å²) in [5, 5.41) is 11.6. The molecule has 0 aromatic heterocycles. The molecule has 2 atom stereocenters. The van der Waals surface area contributed by atoms with Gasteiger partial charge in [-0.15, -0.1) is 0 Å². The molecule has 0 saturated heterocycles. The Kier molecular flexibility index (Phi) is 7.13. The average molecular weight is 315 g/mol. The van der Waals surface area contributed by atoms with Crippen molar-refractivity contribution in [2.24, 2.45) is 5.92 Å². The number of carboxylic acid groups (broad SMARTS) is 1. The maximum atomic E-state index is 11.8. The van der Waals surface area contributed by atoms with E-state index in [1.807, 2.05) is 20.8 Å². The van der Waals surface area contributed by atoms with Crippen molar-refractivity contribution in [3.05, 3.63) is 0 Å². The van der Waals surface area contributed by atoms with Gasteiger partial charge in [0.2, 0.25) is 0 Å². The highest BCUT2D eigenvalue weighted by molar-refractivity contribution is 5.80. The van der Waals surface area contributed by atoms with Gasteiger partial charge in [-0.05, 0) is 46.5 Å². The van der Waals surface area contributed by atoms with Crippen molar-refractivity contribution >= 4 is 12.1 Å². The molecule has 6 nitrogen and oxygen atoms in total. The van der Waals surface area contributed by atoms with Crippen LogP contribution in [-0.4, -0.2) is 41.5 Å². The molecule has 0 aromatic carbocycles. The molecule has 128 valence electrons. The number of hydrogen-bond acceptors (Lipinski definition) is 4. The monoisotopic (exact) mass is 315 g/mol. The fraction of sp³-hybridized carbons (Fsp3) is 0.875. The van der Waals surface area contributed by atoms with Gasteiger partial charge in [0, 0.05) is 0 Å². The van der Waals surface area contributed by atoms with E-state index in [9.17, 15) is 14.7 Å². The van der Waals surface area contributed by atoms with Gasteiger partial charge >= 0.3 is 12.1 Å². The SMILES string of the molecule is CC(OC(C)(C)C)C(NC(=O)OCC1CCCCC1)C(=O)O. The molecule has 0 radical (unpaired) electrons. The molecule has 0 spiro atoms. The normalized spacial score (nSPS) is 19.3. The highest BCUT2D eigenvalue weighted by atomic mass is 16.6. The Hall–Kier alpha value is -1.30. The van der Waals surface area contributed by atoms with Crippen molar-refractivity contribution in [3.8, 4) is 0 Å². The van der Waals surface area contributed by atoms with Crippen molar-refractivity contribution in [2.75, 3.05) is 6.61 Å². The lowest BCUT2D eigenvalue weighted by atomic mass is 9.90. The smallest absolute Gasteiger partial charge is 0.407 e. The van der Waals surface area contributed by atoms with E-state index < -0.39 is 29.8 Å². The Balaban J connectivity index is 2.44. The Morgan fingerprint density at radius 2 is 1.82 bits per heavy atom. The van der Waals surface area contributed by atoms with E-state index in [-0.39, 0.29) is 0 Å². The molecule has 1 aliphatic rings. The van der Waals surface area contributed by atoms with Crippen LogP contribution >= 0.6 is 0 Å². The molecule has 0 bridgehead atoms. The molecule has 2 unspecified atom stereocenters. The number of rotatable bonds is 6. The summed E-state index contributed by atoms with van der Waals surface area (Å²) < 4.78 is 10.8. The van der Waals surface area contributed by atoms with Crippen LogP contribution in [0.2, 0.25) is 0 Å². The summed E-state index contributed by atoms with van der Waals surface area (Å²) in [6, 6.07) is -1.13. The second kappa shape index (κ2) is 8.36. The number of carboxylic acids is 1. The second-order valence-corrected chi connectivity index (χ2v) is 7.00. The number of carbonyl (C=O) groups is 2. The minimum Gasteiger partial charge on any atom is -0.480 e. The van der Waals surface area contributed by atoms with Crippen LogP contribution in [0, 0.1) is 5.92 Å². The van der Waals surface area contributed by atoms with E-state index in [1.165, 1.54) is 19.3 Å². The van der Waals surface area contributed by atoms with Crippen LogP contribution in [0.4, 0.5) is 4.79 Å². The topological polar surface area (TPSA) is 84.9 Å². The third-order valence-electron chi connectivity index (χ3n) is 3.72. The molecule has 1 amide bonds. The van der Waals surface area contributed by atoms with Crippen LogP contribution in [0.3, 0.4) is 0 Å². The minimum atomic E-state index is -1.13. The van der Waals surface area contributed by atoms with Crippen molar-refractivity contribution in [2.45, 2.75) is 77.5 Å². The van der Waals surface area contributed by atoms with Gasteiger partial charge in [0.05, 0.1) is 18.3 Å². The number of aliphatic carboxylic acids is 1. The fourth-order valence-corrected chi connectivity index (χ4v) is 2.72. The quantitative estimate of drug-likeness (QED) is 0.787. The summed E-state index contributed by atoms with van der Waals surface area (Å²) in [6.07, 6.45) is 4.37. The standard InChI is InChI=1S/C16H29NO5/c1-11(22-16(2,3)4)13(14(18)19)17-15(20)21-10-12-8-6-5-7-9-12/h11-13H,5-10H2,1-4H3,(H,17,20)(H,18,19). The lowest BCUT2D eigenvalue weighted by Crippen LogP contribution is -2.50. The summed E-state index contributed by atoms with van der Waals surface area (Å²) in [4.78, 5) is 23.1. The lowest BCUT2D eigenvalue weighted by Gasteiger charge is -2.29. The zero-order valence-corrected chi connectivity index (χ0v) is 14.1. The fourth-order valence-electron chi connectivity index (χ4n) is 2.72. The van der Waals surface area contributed by atoms with Crippen LogP contribution < -0.4 is 5.32 Å². The molecule has 0 heterocycles. The first-order valence-electron chi connectivity index (χ1n) is 8.03.